The number of aromatic carboxylic acids is 1. The molecule has 0 saturated heterocycles. The van der Waals surface area contributed by atoms with Gasteiger partial charge in [-0.05, 0) is 28.1 Å². The van der Waals surface area contributed by atoms with E-state index in [-0.39, 0.29) is 11.1 Å². The number of carboxylic acids is 1. The molecular formula is C8H4Br2O3. The fraction of sp³-hybridized carbons (Fsp3) is 0. The van der Waals surface area contributed by atoms with Crippen molar-refractivity contribution in [3.05, 3.63) is 32.2 Å². The minimum atomic E-state index is -1.13. The molecule has 1 rings (SSSR count). The lowest BCUT2D eigenvalue weighted by molar-refractivity contribution is 0.0693. The molecule has 0 aromatic heterocycles. The molecule has 68 valence electrons. The van der Waals surface area contributed by atoms with Gasteiger partial charge in [0.25, 0.3) is 0 Å². The molecule has 0 unspecified atom stereocenters. The molecule has 0 amide bonds. The van der Waals surface area contributed by atoms with E-state index in [9.17, 15) is 9.59 Å². The van der Waals surface area contributed by atoms with E-state index in [4.69, 9.17) is 5.11 Å². The van der Waals surface area contributed by atoms with E-state index in [1.54, 1.807) is 12.1 Å². The predicted octanol–water partition coefficient (Wildman–Crippen LogP) is 2.72. The Bertz CT molecular complexity index is 374. The van der Waals surface area contributed by atoms with Gasteiger partial charge in [-0.1, -0.05) is 15.9 Å². The molecule has 0 spiro atoms. The minimum absolute atomic E-state index is 0.0237. The highest BCUT2D eigenvalue weighted by Gasteiger charge is 2.16. The van der Waals surface area contributed by atoms with Gasteiger partial charge in [-0.15, -0.1) is 0 Å². The van der Waals surface area contributed by atoms with Crippen molar-refractivity contribution in [2.75, 3.05) is 0 Å². The Kier molecular flexibility index (Phi) is 3.22. The van der Waals surface area contributed by atoms with Crippen LogP contribution < -0.4 is 0 Å². The van der Waals surface area contributed by atoms with Crippen LogP contribution in [0.15, 0.2) is 21.1 Å². The van der Waals surface area contributed by atoms with Crippen LogP contribution in [0, 0.1) is 0 Å². The van der Waals surface area contributed by atoms with Crippen LogP contribution in [0.25, 0.3) is 0 Å². The van der Waals surface area contributed by atoms with E-state index >= 15 is 0 Å². The maximum absolute atomic E-state index is 10.7. The molecule has 0 radical (unpaired) electrons. The highest BCUT2D eigenvalue weighted by molar-refractivity contribution is 9.11. The van der Waals surface area contributed by atoms with Gasteiger partial charge in [0.05, 0.1) is 5.56 Å². The molecule has 3 nitrogen and oxygen atoms in total. The molecule has 0 aliphatic rings. The Balaban J connectivity index is 3.52. The zero-order valence-electron chi connectivity index (χ0n) is 6.25. The van der Waals surface area contributed by atoms with E-state index in [0.29, 0.717) is 15.2 Å². The third-order valence-corrected chi connectivity index (χ3v) is 2.83. The molecule has 1 aromatic carbocycles. The standard InChI is InChI=1S/C8H4Br2O3/c9-5-1-2-6(10)7(8(12)13)4(5)3-11/h1-3H,(H,12,13). The Labute approximate surface area is 91.0 Å². The number of hydrogen-bond acceptors (Lipinski definition) is 2. The maximum atomic E-state index is 10.7. The number of carbonyl (C=O) groups is 2. The average molecular weight is 308 g/mol. The normalized spacial score (nSPS) is 9.69. The van der Waals surface area contributed by atoms with Crippen molar-refractivity contribution in [3.8, 4) is 0 Å². The first-order valence-corrected chi connectivity index (χ1v) is 4.83. The lowest BCUT2D eigenvalue weighted by atomic mass is 10.1. The molecule has 13 heavy (non-hydrogen) atoms. The Morgan fingerprint density at radius 2 is 1.85 bits per heavy atom. The van der Waals surface area contributed by atoms with Crippen LogP contribution in [0.5, 0.6) is 0 Å². The second kappa shape index (κ2) is 4.02. The molecule has 1 aromatic rings. The van der Waals surface area contributed by atoms with Gasteiger partial charge in [0.1, 0.15) is 0 Å². The first-order valence-electron chi connectivity index (χ1n) is 3.24. The highest BCUT2D eigenvalue weighted by atomic mass is 79.9. The SMILES string of the molecule is O=Cc1c(Br)ccc(Br)c1C(=O)O. The molecule has 0 aliphatic carbocycles. The second-order valence-corrected chi connectivity index (χ2v) is 3.95. The fourth-order valence-corrected chi connectivity index (χ4v) is 1.84. The summed E-state index contributed by atoms with van der Waals surface area (Å²) in [4.78, 5) is 21.3. The second-order valence-electron chi connectivity index (χ2n) is 2.24. The van der Waals surface area contributed by atoms with Crippen LogP contribution in [-0.4, -0.2) is 17.4 Å². The van der Waals surface area contributed by atoms with Crippen LogP contribution in [0.1, 0.15) is 20.7 Å². The minimum Gasteiger partial charge on any atom is -0.478 e. The largest absolute Gasteiger partial charge is 0.478 e. The number of benzene rings is 1. The van der Waals surface area contributed by atoms with E-state index in [1.807, 2.05) is 0 Å². The highest BCUT2D eigenvalue weighted by Crippen LogP contribution is 2.26. The molecular weight excluding hydrogens is 304 g/mol. The Morgan fingerprint density at radius 1 is 1.31 bits per heavy atom. The molecule has 0 saturated carbocycles. The van der Waals surface area contributed by atoms with Crippen molar-refractivity contribution in [1.82, 2.24) is 0 Å². The molecule has 0 heterocycles. The third-order valence-electron chi connectivity index (χ3n) is 1.47. The van der Waals surface area contributed by atoms with Crippen LogP contribution >= 0.6 is 31.9 Å². The summed E-state index contributed by atoms with van der Waals surface area (Å²) in [6.45, 7) is 0. The summed E-state index contributed by atoms with van der Waals surface area (Å²) < 4.78 is 0.869. The lowest BCUT2D eigenvalue weighted by Crippen LogP contribution is -2.03. The van der Waals surface area contributed by atoms with Gasteiger partial charge in [-0.25, -0.2) is 4.79 Å². The third kappa shape index (κ3) is 1.97. The zero-order chi connectivity index (χ0) is 10.0. The van der Waals surface area contributed by atoms with Gasteiger partial charge in [-0.2, -0.15) is 0 Å². The topological polar surface area (TPSA) is 54.4 Å². The quantitative estimate of drug-likeness (QED) is 0.855. The number of halogens is 2. The van der Waals surface area contributed by atoms with Gasteiger partial charge < -0.3 is 5.11 Å². The van der Waals surface area contributed by atoms with Gasteiger partial charge in [0.15, 0.2) is 6.29 Å². The van der Waals surface area contributed by atoms with Crippen LogP contribution in [0.4, 0.5) is 0 Å². The zero-order valence-corrected chi connectivity index (χ0v) is 9.42. The number of rotatable bonds is 2. The van der Waals surface area contributed by atoms with Gasteiger partial charge in [0.2, 0.25) is 0 Å². The molecule has 0 aliphatic heterocycles. The predicted molar refractivity (Wildman–Crippen MR) is 54.2 cm³/mol. The molecule has 0 bridgehead atoms. The summed E-state index contributed by atoms with van der Waals surface area (Å²) in [5, 5.41) is 8.79. The summed E-state index contributed by atoms with van der Waals surface area (Å²) in [6, 6.07) is 3.18. The van der Waals surface area contributed by atoms with E-state index in [2.05, 4.69) is 31.9 Å². The molecule has 5 heteroatoms. The number of carboxylic acid groups (broad SMARTS) is 1. The van der Waals surface area contributed by atoms with Crippen molar-refractivity contribution in [2.45, 2.75) is 0 Å². The van der Waals surface area contributed by atoms with Crippen molar-refractivity contribution in [3.63, 3.8) is 0 Å². The summed E-state index contributed by atoms with van der Waals surface area (Å²) in [5.41, 5.74) is 0.117. The lowest BCUT2D eigenvalue weighted by Gasteiger charge is -2.03. The van der Waals surface area contributed by atoms with Gasteiger partial charge >= 0.3 is 5.97 Å². The smallest absolute Gasteiger partial charge is 0.337 e. The number of hydrogen-bond donors (Lipinski definition) is 1. The molecule has 0 fully saturated rings. The maximum Gasteiger partial charge on any atom is 0.337 e. The van der Waals surface area contributed by atoms with E-state index < -0.39 is 5.97 Å². The molecule has 1 N–H and O–H groups in total. The Hall–Kier alpha value is -0.680. The monoisotopic (exact) mass is 306 g/mol. The van der Waals surface area contributed by atoms with Crippen LogP contribution in [-0.2, 0) is 0 Å². The fourth-order valence-electron chi connectivity index (χ4n) is 0.900. The van der Waals surface area contributed by atoms with Crippen molar-refractivity contribution in [2.24, 2.45) is 0 Å². The van der Waals surface area contributed by atoms with Crippen molar-refractivity contribution >= 4 is 44.1 Å². The summed E-state index contributed by atoms with van der Waals surface area (Å²) in [6.07, 6.45) is 0.512. The van der Waals surface area contributed by atoms with Crippen molar-refractivity contribution in [1.29, 1.82) is 0 Å². The van der Waals surface area contributed by atoms with Crippen LogP contribution in [0.2, 0.25) is 0 Å². The number of aldehydes is 1. The Morgan fingerprint density at radius 3 is 2.23 bits per heavy atom. The van der Waals surface area contributed by atoms with E-state index in [0.717, 1.165) is 0 Å². The molecule has 0 atom stereocenters. The van der Waals surface area contributed by atoms with Gasteiger partial charge in [0, 0.05) is 14.5 Å². The van der Waals surface area contributed by atoms with Crippen molar-refractivity contribution < 1.29 is 14.7 Å². The summed E-state index contributed by atoms with van der Waals surface area (Å²) in [7, 11) is 0. The van der Waals surface area contributed by atoms with E-state index in [1.165, 1.54) is 0 Å². The van der Waals surface area contributed by atoms with Gasteiger partial charge in [-0.3, -0.25) is 4.79 Å². The van der Waals surface area contributed by atoms with Crippen LogP contribution in [0.3, 0.4) is 0 Å². The number of carbonyl (C=O) groups excluding carboxylic acids is 1. The first-order chi connectivity index (χ1) is 6.07. The summed E-state index contributed by atoms with van der Waals surface area (Å²) >= 11 is 6.16. The summed E-state index contributed by atoms with van der Waals surface area (Å²) in [5.74, 6) is -1.13. The average Bonchev–Trinajstić information content (AvgIpc) is 2.07. The first kappa shape index (κ1) is 10.4.